The van der Waals surface area contributed by atoms with Gasteiger partial charge in [0.25, 0.3) is 0 Å². The molecule has 0 aliphatic carbocycles. The number of carboxylic acids is 1. The number of nitrogens with one attached hydrogen (secondary N) is 1. The first kappa shape index (κ1) is 26.6. The number of pyridine rings is 1. The van der Waals surface area contributed by atoms with Crippen LogP contribution in [0.25, 0.3) is 11.3 Å². The van der Waals surface area contributed by atoms with E-state index in [1.807, 2.05) is 84.6 Å². The molecule has 3 heterocycles. The number of ether oxygens (including phenoxy) is 1. The molecule has 0 saturated carbocycles. The van der Waals surface area contributed by atoms with Gasteiger partial charge in [-0.05, 0) is 97.5 Å². The number of anilines is 1. The first-order valence-electron chi connectivity index (χ1n) is 12.9. The Kier molecular flexibility index (Phi) is 7.17. The smallest absolute Gasteiger partial charge is 0.335 e. The van der Waals surface area contributed by atoms with Crippen LogP contribution >= 0.6 is 23.8 Å². The summed E-state index contributed by atoms with van der Waals surface area (Å²) in [5.74, 6) is 1.51. The lowest BCUT2D eigenvalue weighted by Gasteiger charge is -2.26. The number of thiocarbonyl (C=S) groups is 1. The van der Waals surface area contributed by atoms with E-state index in [4.69, 9.17) is 33.0 Å². The maximum absolute atomic E-state index is 11.6. The van der Waals surface area contributed by atoms with Crippen LogP contribution in [0.4, 0.5) is 5.69 Å². The number of carboxylic acid groups (broad SMARTS) is 1. The molecule has 0 amide bonds. The molecule has 6 rings (SSSR count). The fraction of sp³-hybridized carbons (Fsp3) is 0.0938. The van der Waals surface area contributed by atoms with Crippen molar-refractivity contribution in [1.29, 1.82) is 0 Å². The molecule has 3 aromatic carbocycles. The molecule has 2 atom stereocenters. The molecule has 0 unspecified atom stereocenters. The molecular formula is C32H24ClN3O4S. The number of para-hydroxylation sites is 1. The van der Waals surface area contributed by atoms with Gasteiger partial charge in [0.15, 0.2) is 5.11 Å². The van der Waals surface area contributed by atoms with E-state index in [-0.39, 0.29) is 11.6 Å². The number of halogens is 1. The summed E-state index contributed by atoms with van der Waals surface area (Å²) in [7, 11) is 0. The van der Waals surface area contributed by atoms with E-state index in [0.29, 0.717) is 33.0 Å². The van der Waals surface area contributed by atoms with Crippen LogP contribution in [0.3, 0.4) is 0 Å². The Labute approximate surface area is 247 Å². The first-order valence-corrected chi connectivity index (χ1v) is 13.6. The predicted octanol–water partition coefficient (Wildman–Crippen LogP) is 7.97. The summed E-state index contributed by atoms with van der Waals surface area (Å²) in [6.45, 7) is 2.00. The number of rotatable bonds is 7. The SMILES string of the molecule is Cc1ccccc1Oc1ccc(N2C(=S)N[C@@H](c3ccccn3)[C@H]2c2ccc(-c3cc(C(=O)O)ccc3Cl)o2)cc1. The fourth-order valence-corrected chi connectivity index (χ4v) is 5.45. The second-order valence-electron chi connectivity index (χ2n) is 9.56. The highest BCUT2D eigenvalue weighted by atomic mass is 35.5. The summed E-state index contributed by atoms with van der Waals surface area (Å²) < 4.78 is 12.5. The molecule has 2 N–H and O–H groups in total. The molecular weight excluding hydrogens is 558 g/mol. The Morgan fingerprint density at radius 1 is 1.02 bits per heavy atom. The molecule has 9 heteroatoms. The van der Waals surface area contributed by atoms with Crippen molar-refractivity contribution in [2.45, 2.75) is 19.0 Å². The number of nitrogens with zero attached hydrogens (tertiary/aromatic N) is 2. The van der Waals surface area contributed by atoms with Gasteiger partial charge in [-0.3, -0.25) is 4.98 Å². The number of benzene rings is 3. The summed E-state index contributed by atoms with van der Waals surface area (Å²) in [4.78, 5) is 18.1. The van der Waals surface area contributed by atoms with E-state index in [1.165, 1.54) is 12.1 Å². The Morgan fingerprint density at radius 3 is 2.54 bits per heavy atom. The van der Waals surface area contributed by atoms with Crippen LogP contribution in [0.15, 0.2) is 108 Å². The third-order valence-corrected chi connectivity index (χ3v) is 7.58. The van der Waals surface area contributed by atoms with E-state index >= 15 is 0 Å². The lowest BCUT2D eigenvalue weighted by Crippen LogP contribution is -2.29. The summed E-state index contributed by atoms with van der Waals surface area (Å²) in [5.41, 5.74) is 3.29. The van der Waals surface area contributed by atoms with Gasteiger partial charge in [-0.15, -0.1) is 0 Å². The van der Waals surface area contributed by atoms with Gasteiger partial charge < -0.3 is 24.5 Å². The van der Waals surface area contributed by atoms with Crippen LogP contribution in [0.1, 0.15) is 39.5 Å². The second-order valence-corrected chi connectivity index (χ2v) is 10.4. The van der Waals surface area contributed by atoms with Crippen molar-refractivity contribution in [3.05, 3.63) is 131 Å². The van der Waals surface area contributed by atoms with Crippen molar-refractivity contribution in [2.75, 3.05) is 4.90 Å². The number of hydrogen-bond acceptors (Lipinski definition) is 5. The van der Waals surface area contributed by atoms with Crippen molar-refractivity contribution in [3.63, 3.8) is 0 Å². The van der Waals surface area contributed by atoms with Gasteiger partial charge in [0.1, 0.15) is 29.1 Å². The monoisotopic (exact) mass is 581 g/mol. The van der Waals surface area contributed by atoms with Gasteiger partial charge in [-0.2, -0.15) is 0 Å². The number of aromatic nitrogens is 1. The predicted molar refractivity (Wildman–Crippen MR) is 162 cm³/mol. The molecule has 0 spiro atoms. The van der Waals surface area contributed by atoms with Crippen LogP contribution in [-0.4, -0.2) is 21.2 Å². The first-order chi connectivity index (χ1) is 19.9. The normalized spacial score (nSPS) is 16.4. The quantitative estimate of drug-likeness (QED) is 0.187. The third-order valence-electron chi connectivity index (χ3n) is 6.93. The third kappa shape index (κ3) is 5.27. The molecule has 0 bridgehead atoms. The Bertz CT molecular complexity index is 1740. The molecule has 2 aromatic heterocycles. The van der Waals surface area contributed by atoms with Crippen LogP contribution < -0.4 is 15.0 Å². The van der Waals surface area contributed by atoms with Gasteiger partial charge in [-0.1, -0.05) is 35.9 Å². The highest BCUT2D eigenvalue weighted by molar-refractivity contribution is 7.80. The topological polar surface area (TPSA) is 87.8 Å². The number of aromatic carboxylic acids is 1. The van der Waals surface area contributed by atoms with Gasteiger partial charge >= 0.3 is 5.97 Å². The van der Waals surface area contributed by atoms with Crippen molar-refractivity contribution in [3.8, 4) is 22.8 Å². The van der Waals surface area contributed by atoms with E-state index in [1.54, 1.807) is 18.3 Å². The lowest BCUT2D eigenvalue weighted by molar-refractivity contribution is 0.0697. The highest BCUT2D eigenvalue weighted by Gasteiger charge is 2.42. The van der Waals surface area contributed by atoms with Crippen LogP contribution in [0.5, 0.6) is 11.5 Å². The standard InChI is InChI=1S/C32H24ClN3O4S/c1-19-6-2-3-8-26(19)39-22-12-10-21(11-13-22)36-30(29(35-32(36)41)25-7-4-5-17-34-25)28-16-15-27(40-28)23-18-20(31(37)38)9-14-24(23)33/h2-18,29-30H,1H3,(H,35,41)(H,37,38)/t29-,30+/m0/s1. The molecule has 7 nitrogen and oxygen atoms in total. The minimum atomic E-state index is -1.05. The molecule has 41 heavy (non-hydrogen) atoms. The van der Waals surface area contributed by atoms with Crippen molar-refractivity contribution >= 4 is 40.6 Å². The minimum Gasteiger partial charge on any atom is -0.478 e. The molecule has 1 fully saturated rings. The Balaban J connectivity index is 1.37. The number of carbonyl (C=O) groups is 1. The van der Waals surface area contributed by atoms with E-state index in [9.17, 15) is 9.90 Å². The number of hydrogen-bond donors (Lipinski definition) is 2. The molecule has 1 aliphatic heterocycles. The van der Waals surface area contributed by atoms with Gasteiger partial charge in [-0.25, -0.2) is 4.79 Å². The number of aryl methyl sites for hydroxylation is 1. The average molecular weight is 582 g/mol. The second kappa shape index (κ2) is 11.1. The van der Waals surface area contributed by atoms with Crippen molar-refractivity contribution in [2.24, 2.45) is 0 Å². The molecule has 5 aromatic rings. The van der Waals surface area contributed by atoms with E-state index in [0.717, 1.165) is 22.7 Å². The summed E-state index contributed by atoms with van der Waals surface area (Å²) in [6, 6.07) is 28.7. The maximum Gasteiger partial charge on any atom is 0.335 e. The average Bonchev–Trinajstić information content (AvgIpc) is 3.60. The largest absolute Gasteiger partial charge is 0.478 e. The number of furan rings is 1. The Morgan fingerprint density at radius 2 is 1.80 bits per heavy atom. The molecule has 204 valence electrons. The van der Waals surface area contributed by atoms with Gasteiger partial charge in [0, 0.05) is 17.4 Å². The summed E-state index contributed by atoms with van der Waals surface area (Å²) in [6.07, 6.45) is 1.74. The lowest BCUT2D eigenvalue weighted by atomic mass is 10.0. The van der Waals surface area contributed by atoms with Crippen LogP contribution in [0.2, 0.25) is 5.02 Å². The molecule has 1 saturated heterocycles. The maximum atomic E-state index is 11.6. The Hall–Kier alpha value is -4.66. The van der Waals surface area contributed by atoms with E-state index in [2.05, 4.69) is 10.3 Å². The zero-order chi connectivity index (χ0) is 28.5. The fourth-order valence-electron chi connectivity index (χ4n) is 4.90. The van der Waals surface area contributed by atoms with Gasteiger partial charge in [0.05, 0.1) is 22.3 Å². The zero-order valence-corrected chi connectivity index (χ0v) is 23.4. The molecule has 0 radical (unpaired) electrons. The van der Waals surface area contributed by atoms with Crippen LogP contribution in [-0.2, 0) is 0 Å². The highest BCUT2D eigenvalue weighted by Crippen LogP contribution is 2.44. The van der Waals surface area contributed by atoms with Crippen molar-refractivity contribution < 1.29 is 19.1 Å². The molecule has 1 aliphatic rings. The zero-order valence-electron chi connectivity index (χ0n) is 21.8. The van der Waals surface area contributed by atoms with Gasteiger partial charge in [0.2, 0.25) is 0 Å². The van der Waals surface area contributed by atoms with E-state index < -0.39 is 12.0 Å². The summed E-state index contributed by atoms with van der Waals surface area (Å²) >= 11 is 12.3. The van der Waals surface area contributed by atoms with Crippen LogP contribution in [0, 0.1) is 6.92 Å². The van der Waals surface area contributed by atoms with Crippen molar-refractivity contribution in [1.82, 2.24) is 10.3 Å². The minimum absolute atomic E-state index is 0.118. The summed E-state index contributed by atoms with van der Waals surface area (Å²) in [5, 5.41) is 13.8.